The number of methoxy groups -OCH3 is 3. The summed E-state index contributed by atoms with van der Waals surface area (Å²) in [5.41, 5.74) is 2.18. The van der Waals surface area contributed by atoms with Gasteiger partial charge in [0.05, 0.1) is 52.9 Å². The van der Waals surface area contributed by atoms with E-state index in [4.69, 9.17) is 18.9 Å². The Kier molecular flexibility index (Phi) is 16.9. The summed E-state index contributed by atoms with van der Waals surface area (Å²) in [6, 6.07) is 16.0. The lowest BCUT2D eigenvalue weighted by atomic mass is 9.87. The summed E-state index contributed by atoms with van der Waals surface area (Å²) in [6.45, 7) is 5.54. The Morgan fingerprint density at radius 2 is 1.59 bits per heavy atom. The molecule has 6 atom stereocenters. The molecular formula is C39H56O7. The fourth-order valence-corrected chi connectivity index (χ4v) is 6.19. The number of unbranched alkanes of at least 4 members (excludes halogenated alkanes) is 3. The second kappa shape index (κ2) is 20.9. The summed E-state index contributed by atoms with van der Waals surface area (Å²) in [6.07, 6.45) is 15.9. The van der Waals surface area contributed by atoms with E-state index in [1.165, 1.54) is 32.4 Å². The molecule has 1 aliphatic rings. The lowest BCUT2D eigenvalue weighted by Crippen LogP contribution is -2.23. The van der Waals surface area contributed by atoms with Crippen LogP contribution in [0.1, 0.15) is 82.8 Å². The van der Waals surface area contributed by atoms with Crippen molar-refractivity contribution >= 4 is 5.97 Å². The standard InChI is InChI=1S/C39H56O7/c1-6-7-12-29(2)25-34(45-27-30-15-19-32(42-3)20-16-30)23-24-36-35(13-10-8-9-11-14-39(41)44-5)37(40)26-38(36)46-28-31-17-21-33(43-4)22-18-31/h11,14-24,29,34-38,40H,6-10,12-13,25-28H2,1-5H3/b14-11+,24-23+/t29-,34+,35+,36+,37-,38+/m0/s1. The number of carbonyl (C=O) groups excluding carboxylic acids is 1. The first-order valence-electron chi connectivity index (χ1n) is 17.0. The Morgan fingerprint density at radius 3 is 2.20 bits per heavy atom. The minimum Gasteiger partial charge on any atom is -0.497 e. The molecule has 7 nitrogen and oxygen atoms in total. The third-order valence-corrected chi connectivity index (χ3v) is 8.98. The van der Waals surface area contributed by atoms with Crippen molar-refractivity contribution in [3.05, 3.63) is 84.0 Å². The molecule has 1 fully saturated rings. The minimum absolute atomic E-state index is 0.0435. The fourth-order valence-electron chi connectivity index (χ4n) is 6.19. The first kappa shape index (κ1) is 37.3. The van der Waals surface area contributed by atoms with Crippen molar-refractivity contribution in [1.29, 1.82) is 0 Å². The van der Waals surface area contributed by atoms with E-state index in [9.17, 15) is 9.90 Å². The number of aliphatic hydroxyl groups is 1. The van der Waals surface area contributed by atoms with Gasteiger partial charge in [0.2, 0.25) is 0 Å². The molecular weight excluding hydrogens is 580 g/mol. The summed E-state index contributed by atoms with van der Waals surface area (Å²) in [5, 5.41) is 11.3. The molecule has 2 aromatic rings. The van der Waals surface area contributed by atoms with Gasteiger partial charge in [0, 0.05) is 18.4 Å². The molecule has 1 N–H and O–H groups in total. The van der Waals surface area contributed by atoms with E-state index in [1.54, 1.807) is 14.2 Å². The van der Waals surface area contributed by atoms with Gasteiger partial charge in [-0.15, -0.1) is 0 Å². The van der Waals surface area contributed by atoms with Gasteiger partial charge in [-0.2, -0.15) is 0 Å². The molecule has 46 heavy (non-hydrogen) atoms. The Morgan fingerprint density at radius 1 is 0.935 bits per heavy atom. The third kappa shape index (κ3) is 12.9. The lowest BCUT2D eigenvalue weighted by Gasteiger charge is -2.25. The van der Waals surface area contributed by atoms with Crippen LogP contribution in [0.3, 0.4) is 0 Å². The van der Waals surface area contributed by atoms with Crippen LogP contribution in [0.5, 0.6) is 11.5 Å². The fraction of sp³-hybridized carbons (Fsp3) is 0.564. The Hall–Kier alpha value is -3.13. The average molecular weight is 637 g/mol. The highest BCUT2D eigenvalue weighted by Gasteiger charge is 2.41. The number of esters is 1. The second-order valence-corrected chi connectivity index (χ2v) is 12.5. The maximum absolute atomic E-state index is 11.4. The summed E-state index contributed by atoms with van der Waals surface area (Å²) in [5.74, 6) is 2.01. The predicted molar refractivity (Wildman–Crippen MR) is 183 cm³/mol. The second-order valence-electron chi connectivity index (χ2n) is 12.5. The number of hydrogen-bond acceptors (Lipinski definition) is 7. The third-order valence-electron chi connectivity index (χ3n) is 8.98. The van der Waals surface area contributed by atoms with Crippen LogP contribution in [0.15, 0.2) is 72.8 Å². The monoisotopic (exact) mass is 636 g/mol. The molecule has 3 rings (SSSR count). The number of aliphatic hydroxyl groups excluding tert-OH is 1. The van der Waals surface area contributed by atoms with Crippen LogP contribution < -0.4 is 9.47 Å². The summed E-state index contributed by atoms with van der Waals surface area (Å²) < 4.78 is 28.3. The predicted octanol–water partition coefficient (Wildman–Crippen LogP) is 8.23. The highest BCUT2D eigenvalue weighted by Crippen LogP contribution is 2.39. The number of hydrogen-bond donors (Lipinski definition) is 1. The zero-order chi connectivity index (χ0) is 33.1. The largest absolute Gasteiger partial charge is 0.497 e. The number of allylic oxidation sites excluding steroid dienone is 1. The summed E-state index contributed by atoms with van der Waals surface area (Å²) in [7, 11) is 4.72. The summed E-state index contributed by atoms with van der Waals surface area (Å²) >= 11 is 0. The summed E-state index contributed by atoms with van der Waals surface area (Å²) in [4.78, 5) is 11.4. The van der Waals surface area contributed by atoms with Gasteiger partial charge in [-0.3, -0.25) is 0 Å². The molecule has 0 spiro atoms. The molecule has 1 saturated carbocycles. The van der Waals surface area contributed by atoms with Gasteiger partial charge in [-0.1, -0.05) is 82.0 Å². The van der Waals surface area contributed by atoms with E-state index >= 15 is 0 Å². The van der Waals surface area contributed by atoms with Gasteiger partial charge in [-0.25, -0.2) is 4.79 Å². The van der Waals surface area contributed by atoms with E-state index in [-0.39, 0.29) is 30.0 Å². The van der Waals surface area contributed by atoms with E-state index in [0.717, 1.165) is 54.7 Å². The molecule has 254 valence electrons. The van der Waals surface area contributed by atoms with Gasteiger partial charge >= 0.3 is 5.97 Å². The Labute approximate surface area is 276 Å². The molecule has 7 heteroatoms. The minimum atomic E-state index is -0.441. The number of carbonyl (C=O) groups is 1. The molecule has 0 aromatic heterocycles. The highest BCUT2D eigenvalue weighted by molar-refractivity contribution is 5.81. The normalized spacial score (nSPS) is 21.1. The van der Waals surface area contributed by atoms with E-state index in [0.29, 0.717) is 25.6 Å². The maximum atomic E-state index is 11.4. The van der Waals surface area contributed by atoms with Crippen LogP contribution >= 0.6 is 0 Å². The average Bonchev–Trinajstić information content (AvgIpc) is 3.38. The van der Waals surface area contributed by atoms with Gasteiger partial charge in [-0.05, 0) is 72.9 Å². The number of benzene rings is 2. The van der Waals surface area contributed by atoms with Gasteiger partial charge in [0.1, 0.15) is 11.5 Å². The van der Waals surface area contributed by atoms with Crippen LogP contribution in [0, 0.1) is 17.8 Å². The van der Waals surface area contributed by atoms with Crippen molar-refractivity contribution in [2.75, 3.05) is 21.3 Å². The SMILES string of the molecule is CCCC[C@H](C)C[C@@H](/C=C/[C@@H]1[C@@H](CCCC/C=C/C(=O)OC)[C@@H](O)C[C@H]1OCc1ccc(OC)cc1)OCc1ccc(OC)cc1. The maximum Gasteiger partial charge on any atom is 0.330 e. The van der Waals surface area contributed by atoms with Crippen LogP contribution in [-0.2, 0) is 32.2 Å². The molecule has 0 aliphatic heterocycles. The molecule has 0 bridgehead atoms. The van der Waals surface area contributed by atoms with Crippen molar-refractivity contribution < 1.29 is 33.6 Å². The van der Waals surface area contributed by atoms with Crippen molar-refractivity contribution in [3.63, 3.8) is 0 Å². The van der Waals surface area contributed by atoms with Crippen LogP contribution in [-0.4, -0.2) is 50.7 Å². The first-order valence-corrected chi connectivity index (χ1v) is 17.0. The highest BCUT2D eigenvalue weighted by atomic mass is 16.5. The number of rotatable bonds is 21. The van der Waals surface area contributed by atoms with E-state index in [1.807, 2.05) is 54.6 Å². The lowest BCUT2D eigenvalue weighted by molar-refractivity contribution is -0.134. The van der Waals surface area contributed by atoms with Crippen molar-refractivity contribution in [3.8, 4) is 11.5 Å². The molecule has 0 unspecified atom stereocenters. The van der Waals surface area contributed by atoms with Crippen molar-refractivity contribution in [2.45, 2.75) is 103 Å². The molecule has 2 aromatic carbocycles. The van der Waals surface area contributed by atoms with Crippen LogP contribution in [0.2, 0.25) is 0 Å². The van der Waals surface area contributed by atoms with E-state index in [2.05, 4.69) is 30.7 Å². The zero-order valence-corrected chi connectivity index (χ0v) is 28.6. The smallest absolute Gasteiger partial charge is 0.330 e. The van der Waals surface area contributed by atoms with E-state index < -0.39 is 6.10 Å². The van der Waals surface area contributed by atoms with Gasteiger partial charge < -0.3 is 28.8 Å². The van der Waals surface area contributed by atoms with Gasteiger partial charge in [0.15, 0.2) is 0 Å². The molecule has 0 radical (unpaired) electrons. The Balaban J connectivity index is 1.74. The molecule has 0 saturated heterocycles. The van der Waals surface area contributed by atoms with Crippen molar-refractivity contribution in [2.24, 2.45) is 17.8 Å². The first-order chi connectivity index (χ1) is 22.4. The molecule has 1 aliphatic carbocycles. The molecule has 0 amide bonds. The van der Waals surface area contributed by atoms with Gasteiger partial charge in [0.25, 0.3) is 0 Å². The zero-order valence-electron chi connectivity index (χ0n) is 28.6. The molecule has 0 heterocycles. The Bertz CT molecular complexity index is 1170. The van der Waals surface area contributed by atoms with Crippen LogP contribution in [0.25, 0.3) is 0 Å². The topological polar surface area (TPSA) is 83.5 Å². The quantitative estimate of drug-likeness (QED) is 0.0640. The van der Waals surface area contributed by atoms with Crippen molar-refractivity contribution in [1.82, 2.24) is 0 Å². The van der Waals surface area contributed by atoms with Crippen LogP contribution in [0.4, 0.5) is 0 Å². The number of ether oxygens (including phenoxy) is 5.